The Labute approximate surface area is 177 Å². The van der Waals surface area contributed by atoms with Crippen LogP contribution in [0.25, 0.3) is 11.0 Å². The van der Waals surface area contributed by atoms with Crippen LogP contribution in [0.1, 0.15) is 54.5 Å². The molecule has 1 aliphatic heterocycles. The van der Waals surface area contributed by atoms with Gasteiger partial charge in [0, 0.05) is 18.2 Å². The number of nitrogens with one attached hydrogen (secondary N) is 2. The van der Waals surface area contributed by atoms with Gasteiger partial charge in [0.25, 0.3) is 0 Å². The first kappa shape index (κ1) is 23.1. The Kier molecular flexibility index (Phi) is 8.40. The summed E-state index contributed by atoms with van der Waals surface area (Å²) in [6.07, 6.45) is 7.17. The Morgan fingerprint density at radius 3 is 2.66 bits per heavy atom. The molecule has 4 rings (SSSR count). The number of halogens is 1. The monoisotopic (exact) mass is 418 g/mol. The van der Waals surface area contributed by atoms with E-state index in [0.29, 0.717) is 17.9 Å². The number of nitrogens with two attached hydrogens (primary N) is 2. The van der Waals surface area contributed by atoms with Crippen molar-refractivity contribution in [3.8, 4) is 0 Å². The van der Waals surface area contributed by atoms with Crippen LogP contribution in [0.2, 0.25) is 0 Å². The number of nitrogens with zero attached hydrogens (tertiary/aromatic N) is 2. The van der Waals surface area contributed by atoms with E-state index < -0.39 is 0 Å². The van der Waals surface area contributed by atoms with Crippen LogP contribution in [0.15, 0.2) is 36.5 Å². The molecular weight excluding hydrogens is 388 g/mol. The minimum absolute atomic E-state index is 0. The van der Waals surface area contributed by atoms with Crippen LogP contribution in [0.4, 0.5) is 5.95 Å². The molecule has 1 fully saturated rings. The topological polar surface area (TPSA) is 137 Å². The number of nitrogen functional groups attached to an aromatic ring is 1. The number of hydrogen-bond acceptors (Lipinski definition) is 5. The molecule has 0 bridgehead atoms. The van der Waals surface area contributed by atoms with Crippen molar-refractivity contribution < 1.29 is 5.48 Å². The fourth-order valence-corrected chi connectivity index (χ4v) is 4.15. The van der Waals surface area contributed by atoms with Gasteiger partial charge in [0.05, 0.1) is 16.7 Å². The molecule has 158 valence electrons. The number of hydrogen-bond donors (Lipinski definition) is 4. The molecule has 2 aromatic heterocycles. The number of rotatable bonds is 6. The second kappa shape index (κ2) is 10.5. The molecule has 1 aliphatic rings. The van der Waals surface area contributed by atoms with Crippen LogP contribution in [0.3, 0.4) is 0 Å². The Hall–Kier alpha value is -2.19. The summed E-state index contributed by atoms with van der Waals surface area (Å²) in [4.78, 5) is 12.6. The van der Waals surface area contributed by atoms with E-state index in [1.165, 1.54) is 11.1 Å². The van der Waals surface area contributed by atoms with E-state index in [0.717, 1.165) is 61.9 Å². The van der Waals surface area contributed by atoms with Crippen molar-refractivity contribution in [3.05, 3.63) is 53.3 Å². The van der Waals surface area contributed by atoms with E-state index in [1.54, 1.807) is 0 Å². The minimum atomic E-state index is 0. The van der Waals surface area contributed by atoms with Gasteiger partial charge in [-0.2, -0.15) is 0 Å². The summed E-state index contributed by atoms with van der Waals surface area (Å²) in [6, 6.07) is 11.0. The number of unbranched alkanes of at least 4 members (excludes halogenated alkanes) is 1. The largest absolute Gasteiger partial charge is 0.412 e. The highest BCUT2D eigenvalue weighted by Crippen LogP contribution is 2.36. The summed E-state index contributed by atoms with van der Waals surface area (Å²) < 4.78 is 0. The summed E-state index contributed by atoms with van der Waals surface area (Å²) in [5.41, 5.74) is 17.3. The zero-order chi connectivity index (χ0) is 18.6. The van der Waals surface area contributed by atoms with E-state index in [4.69, 9.17) is 11.5 Å². The predicted octanol–water partition coefficient (Wildman–Crippen LogP) is 2.63. The van der Waals surface area contributed by atoms with Crippen molar-refractivity contribution in [2.45, 2.75) is 44.1 Å². The first-order valence-electron chi connectivity index (χ1n) is 9.88. The first-order valence-corrected chi connectivity index (χ1v) is 9.88. The molecular formula is C21H31ClN6O. The third-order valence-electron chi connectivity index (χ3n) is 5.54. The molecule has 7 nitrogen and oxygen atoms in total. The number of H-pyrrole nitrogens is 1. The summed E-state index contributed by atoms with van der Waals surface area (Å²) >= 11 is 0. The van der Waals surface area contributed by atoms with Gasteiger partial charge in [-0.3, -0.25) is 0 Å². The molecule has 0 saturated carbocycles. The van der Waals surface area contributed by atoms with Crippen LogP contribution in [-0.4, -0.2) is 33.5 Å². The van der Waals surface area contributed by atoms with Crippen molar-refractivity contribution in [2.75, 3.05) is 18.8 Å². The maximum atomic E-state index is 6.09. The lowest BCUT2D eigenvalue weighted by Crippen LogP contribution is -2.31. The van der Waals surface area contributed by atoms with E-state index in [1.807, 2.05) is 0 Å². The van der Waals surface area contributed by atoms with Crippen molar-refractivity contribution in [1.82, 2.24) is 20.3 Å². The van der Waals surface area contributed by atoms with Crippen molar-refractivity contribution >= 4 is 29.4 Å². The Morgan fingerprint density at radius 2 is 1.90 bits per heavy atom. The summed E-state index contributed by atoms with van der Waals surface area (Å²) in [5, 5.41) is 3.64. The molecule has 2 unspecified atom stereocenters. The molecule has 8 heteroatoms. The summed E-state index contributed by atoms with van der Waals surface area (Å²) in [6.45, 7) is 1.69. The molecule has 3 aromatic rings. The van der Waals surface area contributed by atoms with Crippen LogP contribution in [0.5, 0.6) is 0 Å². The van der Waals surface area contributed by atoms with Gasteiger partial charge in [0.1, 0.15) is 0 Å². The van der Waals surface area contributed by atoms with Crippen LogP contribution >= 0.6 is 12.4 Å². The maximum absolute atomic E-state index is 6.09. The quantitative estimate of drug-likeness (QED) is 0.456. The number of piperidine rings is 1. The van der Waals surface area contributed by atoms with Crippen molar-refractivity contribution in [1.29, 1.82) is 0 Å². The van der Waals surface area contributed by atoms with Gasteiger partial charge in [0.2, 0.25) is 5.95 Å². The molecule has 2 atom stereocenters. The average molecular weight is 419 g/mol. The fraction of sp³-hybridized carbons (Fsp3) is 0.429. The lowest BCUT2D eigenvalue weighted by Gasteiger charge is -2.30. The number of benzene rings is 1. The SMILES string of the molecule is Cl.NCCCCc1c[nH]c2c(C3CCNC(c4ccccc4)C3)nc(N)nc12.O. The highest BCUT2D eigenvalue weighted by molar-refractivity contribution is 5.85. The van der Waals surface area contributed by atoms with Gasteiger partial charge < -0.3 is 27.2 Å². The number of anilines is 1. The predicted molar refractivity (Wildman–Crippen MR) is 120 cm³/mol. The first-order chi connectivity index (χ1) is 13.3. The Bertz CT molecular complexity index is 901. The Balaban J connectivity index is 0.00000150. The molecule has 0 amide bonds. The highest BCUT2D eigenvalue weighted by atomic mass is 35.5. The molecule has 1 aromatic carbocycles. The third kappa shape index (κ3) is 5.05. The van der Waals surface area contributed by atoms with E-state index in [-0.39, 0.29) is 17.9 Å². The number of aromatic nitrogens is 3. The molecule has 3 heterocycles. The number of aryl methyl sites for hydroxylation is 1. The third-order valence-corrected chi connectivity index (χ3v) is 5.54. The second-order valence-electron chi connectivity index (χ2n) is 7.39. The average Bonchev–Trinajstić information content (AvgIpc) is 3.11. The zero-order valence-corrected chi connectivity index (χ0v) is 17.3. The summed E-state index contributed by atoms with van der Waals surface area (Å²) in [5.74, 6) is 0.728. The van der Waals surface area contributed by atoms with Crippen molar-refractivity contribution in [3.63, 3.8) is 0 Å². The molecule has 1 saturated heterocycles. The maximum Gasteiger partial charge on any atom is 0.220 e. The lowest BCUT2D eigenvalue weighted by molar-refractivity contribution is 0.366. The number of aromatic amines is 1. The van der Waals surface area contributed by atoms with Crippen molar-refractivity contribution in [2.24, 2.45) is 5.73 Å². The normalized spacial score (nSPS) is 18.8. The minimum Gasteiger partial charge on any atom is -0.412 e. The lowest BCUT2D eigenvalue weighted by atomic mass is 9.86. The zero-order valence-electron chi connectivity index (χ0n) is 16.5. The molecule has 0 radical (unpaired) electrons. The van der Waals surface area contributed by atoms with E-state index in [2.05, 4.69) is 56.8 Å². The van der Waals surface area contributed by atoms with Gasteiger partial charge in [0.15, 0.2) is 0 Å². The Morgan fingerprint density at radius 1 is 1.10 bits per heavy atom. The van der Waals surface area contributed by atoms with Gasteiger partial charge in [-0.1, -0.05) is 30.3 Å². The molecule has 29 heavy (non-hydrogen) atoms. The smallest absolute Gasteiger partial charge is 0.220 e. The van der Waals surface area contributed by atoms with Gasteiger partial charge in [-0.25, -0.2) is 9.97 Å². The van der Waals surface area contributed by atoms with Crippen LogP contribution in [0, 0.1) is 0 Å². The van der Waals surface area contributed by atoms with Crippen LogP contribution in [-0.2, 0) is 6.42 Å². The molecule has 8 N–H and O–H groups in total. The standard InChI is InChI=1S/C21H28N6.ClH.H2O/c22-10-5-4-8-16-13-25-20-18(26-21(23)27-19(16)20)15-9-11-24-17(12-15)14-6-2-1-3-7-14;;/h1-3,6-7,13,15,17,24-25H,4-5,8-12,22H2,(H2,23,26,27);1H;1H2. The molecule has 0 aliphatic carbocycles. The number of fused-ring (bicyclic) bond motifs is 1. The van der Waals surface area contributed by atoms with Gasteiger partial charge >= 0.3 is 0 Å². The van der Waals surface area contributed by atoms with Gasteiger partial charge in [-0.15, -0.1) is 12.4 Å². The summed E-state index contributed by atoms with van der Waals surface area (Å²) in [7, 11) is 0. The highest BCUT2D eigenvalue weighted by Gasteiger charge is 2.27. The van der Waals surface area contributed by atoms with Gasteiger partial charge in [-0.05, 0) is 56.3 Å². The fourth-order valence-electron chi connectivity index (χ4n) is 4.15. The van der Waals surface area contributed by atoms with E-state index >= 15 is 0 Å². The van der Waals surface area contributed by atoms with E-state index in [9.17, 15) is 0 Å². The second-order valence-corrected chi connectivity index (χ2v) is 7.39. The van der Waals surface area contributed by atoms with Crippen LogP contribution < -0.4 is 16.8 Å². The molecule has 0 spiro atoms.